The predicted octanol–water partition coefficient (Wildman–Crippen LogP) is 4.51. The van der Waals surface area contributed by atoms with E-state index in [1.165, 1.54) is 12.8 Å². The fraction of sp³-hybridized carbons (Fsp3) is 0.450. The van der Waals surface area contributed by atoms with E-state index >= 15 is 0 Å². The lowest BCUT2D eigenvalue weighted by Gasteiger charge is -2.24. The lowest BCUT2D eigenvalue weighted by Crippen LogP contribution is -2.40. The third kappa shape index (κ3) is 5.02. The van der Waals surface area contributed by atoms with Crippen molar-refractivity contribution in [3.8, 4) is 17.1 Å². The molecule has 0 saturated heterocycles. The molecule has 2 aromatic rings. The second kappa shape index (κ2) is 8.60. The van der Waals surface area contributed by atoms with Gasteiger partial charge in [-0.05, 0) is 56.0 Å². The first-order valence-corrected chi connectivity index (χ1v) is 8.82. The number of rotatable bonds is 9. The Hall–Kier alpha value is -2.43. The van der Waals surface area contributed by atoms with Gasteiger partial charge in [-0.1, -0.05) is 26.7 Å². The second-order valence-electron chi connectivity index (χ2n) is 6.39. The van der Waals surface area contributed by atoms with Gasteiger partial charge in [-0.3, -0.25) is 0 Å². The average Bonchev–Trinajstić information content (AvgIpc) is 2.63. The zero-order valence-electron chi connectivity index (χ0n) is 15.2. The van der Waals surface area contributed by atoms with Gasteiger partial charge >= 0.3 is 5.97 Å². The maximum Gasteiger partial charge on any atom is 0.347 e. The van der Waals surface area contributed by atoms with Crippen molar-refractivity contribution in [2.75, 3.05) is 0 Å². The number of benzene rings is 1. The first-order chi connectivity index (χ1) is 12.0. The number of nitrogens with zero attached hydrogens (tertiary/aromatic N) is 2. The Morgan fingerprint density at radius 1 is 1.12 bits per heavy atom. The molecule has 5 nitrogen and oxygen atoms in total. The van der Waals surface area contributed by atoms with Gasteiger partial charge in [-0.25, -0.2) is 14.8 Å². The fourth-order valence-electron chi connectivity index (χ4n) is 2.41. The van der Waals surface area contributed by atoms with Crippen molar-refractivity contribution >= 4 is 5.97 Å². The van der Waals surface area contributed by atoms with Gasteiger partial charge in [-0.2, -0.15) is 0 Å². The molecule has 0 fully saturated rings. The van der Waals surface area contributed by atoms with Crippen LogP contribution >= 0.6 is 0 Å². The van der Waals surface area contributed by atoms with Crippen LogP contribution in [0, 0.1) is 0 Å². The minimum atomic E-state index is -1.22. The van der Waals surface area contributed by atoms with Crippen LogP contribution in [0.3, 0.4) is 0 Å². The molecule has 1 aromatic carbocycles. The van der Waals surface area contributed by atoms with Gasteiger partial charge in [0.25, 0.3) is 0 Å². The maximum atomic E-state index is 11.3. The Kier molecular flexibility index (Phi) is 6.51. The molecule has 0 aliphatic carbocycles. The standard InChI is InChI=1S/C20H26N2O3/c1-4-6-7-8-15-13-21-18(22-14-15)16-9-11-17(12-10-16)25-20(3,5-2)19(23)24/h9-14H,4-8H2,1-3H3,(H,23,24). The summed E-state index contributed by atoms with van der Waals surface area (Å²) in [5, 5.41) is 9.28. The maximum absolute atomic E-state index is 11.3. The number of carbonyl (C=O) groups is 1. The van der Waals surface area contributed by atoms with Gasteiger partial charge in [-0.15, -0.1) is 0 Å². The van der Waals surface area contributed by atoms with Gasteiger partial charge in [0.2, 0.25) is 5.60 Å². The van der Waals surface area contributed by atoms with Crippen LogP contribution in [0.4, 0.5) is 0 Å². The Bertz CT molecular complexity index is 683. The molecule has 1 unspecified atom stereocenters. The molecule has 0 aliphatic heterocycles. The monoisotopic (exact) mass is 342 g/mol. The zero-order chi connectivity index (χ0) is 18.3. The van der Waals surface area contributed by atoms with E-state index in [2.05, 4.69) is 16.9 Å². The van der Waals surface area contributed by atoms with Gasteiger partial charge in [0.05, 0.1) is 0 Å². The first kappa shape index (κ1) is 18.9. The minimum Gasteiger partial charge on any atom is -0.478 e. The molecule has 1 atom stereocenters. The van der Waals surface area contributed by atoms with Crippen LogP contribution in [0.1, 0.15) is 52.0 Å². The summed E-state index contributed by atoms with van der Waals surface area (Å²) in [6, 6.07) is 7.20. The van der Waals surface area contributed by atoms with Crippen molar-refractivity contribution < 1.29 is 14.6 Å². The molecule has 0 saturated carbocycles. The van der Waals surface area contributed by atoms with Crippen LogP contribution in [0.2, 0.25) is 0 Å². The van der Waals surface area contributed by atoms with Crippen LogP contribution in [-0.4, -0.2) is 26.6 Å². The number of carboxylic acids is 1. The van der Waals surface area contributed by atoms with Crippen molar-refractivity contribution in [3.05, 3.63) is 42.2 Å². The van der Waals surface area contributed by atoms with E-state index in [0.717, 1.165) is 24.0 Å². The van der Waals surface area contributed by atoms with E-state index in [0.29, 0.717) is 18.0 Å². The van der Waals surface area contributed by atoms with Gasteiger partial charge in [0.15, 0.2) is 5.82 Å². The molecular weight excluding hydrogens is 316 g/mol. The van der Waals surface area contributed by atoms with Crippen LogP contribution in [0.5, 0.6) is 5.75 Å². The van der Waals surface area contributed by atoms with Crippen molar-refractivity contribution in [2.45, 2.75) is 58.5 Å². The van der Waals surface area contributed by atoms with E-state index in [1.807, 2.05) is 24.5 Å². The van der Waals surface area contributed by atoms with Crippen molar-refractivity contribution in [1.29, 1.82) is 0 Å². The molecule has 1 aromatic heterocycles. The number of aromatic nitrogens is 2. The highest BCUT2D eigenvalue weighted by molar-refractivity contribution is 5.77. The highest BCUT2D eigenvalue weighted by Crippen LogP contribution is 2.24. The lowest BCUT2D eigenvalue weighted by molar-refractivity contribution is -0.154. The number of hydrogen-bond acceptors (Lipinski definition) is 4. The lowest BCUT2D eigenvalue weighted by atomic mass is 10.0. The summed E-state index contributed by atoms with van der Waals surface area (Å²) in [5.74, 6) is 0.204. The van der Waals surface area contributed by atoms with E-state index in [-0.39, 0.29) is 0 Å². The summed E-state index contributed by atoms with van der Waals surface area (Å²) in [6.45, 7) is 5.55. The smallest absolute Gasteiger partial charge is 0.347 e. The first-order valence-electron chi connectivity index (χ1n) is 8.82. The molecule has 134 valence electrons. The quantitative estimate of drug-likeness (QED) is 0.679. The predicted molar refractivity (Wildman–Crippen MR) is 97.7 cm³/mol. The Balaban J connectivity index is 2.05. The van der Waals surface area contributed by atoms with E-state index in [9.17, 15) is 9.90 Å². The largest absolute Gasteiger partial charge is 0.478 e. The van der Waals surface area contributed by atoms with Gasteiger partial charge in [0, 0.05) is 18.0 Å². The summed E-state index contributed by atoms with van der Waals surface area (Å²) < 4.78 is 5.64. The van der Waals surface area contributed by atoms with E-state index in [4.69, 9.17) is 4.74 Å². The topological polar surface area (TPSA) is 72.3 Å². The summed E-state index contributed by atoms with van der Waals surface area (Å²) in [5.41, 5.74) is 0.802. The summed E-state index contributed by atoms with van der Waals surface area (Å²) in [4.78, 5) is 20.2. The minimum absolute atomic E-state index is 0.382. The van der Waals surface area contributed by atoms with E-state index in [1.54, 1.807) is 26.0 Å². The Morgan fingerprint density at radius 3 is 2.28 bits per heavy atom. The van der Waals surface area contributed by atoms with Crippen molar-refractivity contribution in [1.82, 2.24) is 9.97 Å². The molecule has 2 rings (SSSR count). The van der Waals surface area contributed by atoms with E-state index < -0.39 is 11.6 Å². The van der Waals surface area contributed by atoms with Gasteiger partial charge < -0.3 is 9.84 Å². The number of carboxylic acid groups (broad SMARTS) is 1. The summed E-state index contributed by atoms with van der Waals surface area (Å²) in [7, 11) is 0. The third-order valence-electron chi connectivity index (χ3n) is 4.36. The molecular formula is C20H26N2O3. The number of aliphatic carboxylic acids is 1. The van der Waals surface area contributed by atoms with Gasteiger partial charge in [0.1, 0.15) is 5.75 Å². The second-order valence-corrected chi connectivity index (χ2v) is 6.39. The summed E-state index contributed by atoms with van der Waals surface area (Å²) >= 11 is 0. The Labute approximate surface area is 149 Å². The summed E-state index contributed by atoms with van der Waals surface area (Å²) in [6.07, 6.45) is 8.72. The van der Waals surface area contributed by atoms with Crippen LogP contribution in [0.15, 0.2) is 36.7 Å². The van der Waals surface area contributed by atoms with Crippen LogP contribution < -0.4 is 4.74 Å². The molecule has 5 heteroatoms. The molecule has 0 bridgehead atoms. The molecule has 1 heterocycles. The molecule has 0 radical (unpaired) electrons. The fourth-order valence-corrected chi connectivity index (χ4v) is 2.41. The highest BCUT2D eigenvalue weighted by Gasteiger charge is 2.33. The number of aryl methyl sites for hydroxylation is 1. The molecule has 0 aliphatic rings. The number of unbranched alkanes of at least 4 members (excludes halogenated alkanes) is 2. The van der Waals surface area contributed by atoms with Crippen LogP contribution in [-0.2, 0) is 11.2 Å². The molecule has 0 amide bonds. The van der Waals surface area contributed by atoms with Crippen molar-refractivity contribution in [3.63, 3.8) is 0 Å². The molecule has 25 heavy (non-hydrogen) atoms. The average molecular weight is 342 g/mol. The SMILES string of the molecule is CCCCCc1cnc(-c2ccc(OC(C)(CC)C(=O)O)cc2)nc1. The molecule has 1 N–H and O–H groups in total. The highest BCUT2D eigenvalue weighted by atomic mass is 16.5. The zero-order valence-corrected chi connectivity index (χ0v) is 15.2. The Morgan fingerprint density at radius 2 is 1.76 bits per heavy atom. The normalized spacial score (nSPS) is 13.2. The third-order valence-corrected chi connectivity index (χ3v) is 4.36. The number of ether oxygens (including phenoxy) is 1. The van der Waals surface area contributed by atoms with Crippen molar-refractivity contribution in [2.24, 2.45) is 0 Å². The van der Waals surface area contributed by atoms with Crippen LogP contribution in [0.25, 0.3) is 11.4 Å². The number of hydrogen-bond donors (Lipinski definition) is 1. The molecule has 0 spiro atoms.